The van der Waals surface area contributed by atoms with Gasteiger partial charge < -0.3 is 10.1 Å². The van der Waals surface area contributed by atoms with Crippen LogP contribution < -0.4 is 10.1 Å². The average molecular weight is 328 g/mol. The van der Waals surface area contributed by atoms with Gasteiger partial charge in [-0.3, -0.25) is 0 Å². The third-order valence-corrected chi connectivity index (χ3v) is 5.30. The Hall–Kier alpha value is -1.30. The molecular weight excluding hydrogens is 305 g/mol. The third kappa shape index (κ3) is 3.62. The van der Waals surface area contributed by atoms with Gasteiger partial charge in [0.2, 0.25) is 5.88 Å². The number of halogens is 3. The fraction of sp³-hybridized carbons (Fsp3) is 0.706. The molecule has 2 fully saturated rings. The quantitative estimate of drug-likeness (QED) is 0.890. The number of nitrogens with one attached hydrogen (secondary N) is 1. The van der Waals surface area contributed by atoms with Crippen molar-refractivity contribution in [2.75, 3.05) is 19.7 Å². The molecular formula is C17H23F3N2O. The largest absolute Gasteiger partial charge is 0.477 e. The normalized spacial score (nSPS) is 28.6. The van der Waals surface area contributed by atoms with Gasteiger partial charge >= 0.3 is 6.18 Å². The van der Waals surface area contributed by atoms with Crippen molar-refractivity contribution >= 4 is 0 Å². The van der Waals surface area contributed by atoms with Crippen LogP contribution in [0.2, 0.25) is 0 Å². The molecule has 1 aromatic rings. The van der Waals surface area contributed by atoms with E-state index in [0.717, 1.165) is 31.6 Å². The fourth-order valence-electron chi connectivity index (χ4n) is 3.54. The molecule has 0 bridgehead atoms. The van der Waals surface area contributed by atoms with Crippen LogP contribution in [-0.2, 0) is 0 Å². The Bertz CT molecular complexity index is 543. The predicted molar refractivity (Wildman–Crippen MR) is 81.5 cm³/mol. The minimum Gasteiger partial charge on any atom is -0.477 e. The lowest BCUT2D eigenvalue weighted by atomic mass is 9.94. The molecule has 128 valence electrons. The van der Waals surface area contributed by atoms with E-state index in [-0.39, 0.29) is 13.0 Å². The number of piperidine rings is 1. The highest BCUT2D eigenvalue weighted by molar-refractivity contribution is 5.20. The average Bonchev–Trinajstić information content (AvgIpc) is 3.30. The lowest BCUT2D eigenvalue weighted by Crippen LogP contribution is -2.27. The zero-order valence-electron chi connectivity index (χ0n) is 13.3. The van der Waals surface area contributed by atoms with Gasteiger partial charge in [-0.25, -0.2) is 4.98 Å². The van der Waals surface area contributed by atoms with Crippen molar-refractivity contribution in [3.63, 3.8) is 0 Å². The van der Waals surface area contributed by atoms with Crippen LogP contribution >= 0.6 is 0 Å². The van der Waals surface area contributed by atoms with Crippen molar-refractivity contribution in [3.05, 3.63) is 23.9 Å². The van der Waals surface area contributed by atoms with Crippen molar-refractivity contribution in [3.8, 4) is 5.88 Å². The number of hydrogen-bond acceptors (Lipinski definition) is 3. The van der Waals surface area contributed by atoms with Crippen LogP contribution in [0.15, 0.2) is 18.2 Å². The molecule has 2 atom stereocenters. The van der Waals surface area contributed by atoms with Crippen LogP contribution in [0.5, 0.6) is 5.88 Å². The first-order valence-corrected chi connectivity index (χ1v) is 8.32. The first-order chi connectivity index (χ1) is 10.9. The van der Waals surface area contributed by atoms with E-state index in [1.165, 1.54) is 0 Å². The van der Waals surface area contributed by atoms with Crippen LogP contribution in [-0.4, -0.2) is 30.9 Å². The fourth-order valence-corrected chi connectivity index (χ4v) is 3.54. The standard InChI is InChI=1S/C17H23F3N2O/c1-2-16(10-14(16)17(18,19)20)11-23-15-5-3-4-13(22-15)12-6-8-21-9-7-12/h3-5,12,14,21H,2,6-11H2,1H3/t14-,16?/m1/s1. The first-order valence-electron chi connectivity index (χ1n) is 8.32. The van der Waals surface area contributed by atoms with Gasteiger partial charge in [-0.15, -0.1) is 0 Å². The Balaban J connectivity index is 1.62. The van der Waals surface area contributed by atoms with E-state index < -0.39 is 17.5 Å². The zero-order chi connectivity index (χ0) is 16.5. The van der Waals surface area contributed by atoms with Gasteiger partial charge in [-0.1, -0.05) is 13.0 Å². The van der Waals surface area contributed by atoms with Crippen molar-refractivity contribution in [2.24, 2.45) is 11.3 Å². The van der Waals surface area contributed by atoms with Gasteiger partial charge in [0.05, 0.1) is 12.5 Å². The van der Waals surface area contributed by atoms with Gasteiger partial charge in [0.25, 0.3) is 0 Å². The summed E-state index contributed by atoms with van der Waals surface area (Å²) in [4.78, 5) is 4.52. The minimum absolute atomic E-state index is 0.0936. The zero-order valence-corrected chi connectivity index (χ0v) is 13.3. The van der Waals surface area contributed by atoms with E-state index in [2.05, 4.69) is 10.3 Å². The summed E-state index contributed by atoms with van der Waals surface area (Å²) in [5, 5.41) is 3.31. The van der Waals surface area contributed by atoms with E-state index in [4.69, 9.17) is 4.74 Å². The maximum absolute atomic E-state index is 12.9. The number of nitrogens with zero attached hydrogens (tertiary/aromatic N) is 1. The van der Waals surface area contributed by atoms with Gasteiger partial charge in [-0.05, 0) is 44.8 Å². The van der Waals surface area contributed by atoms with Crippen LogP contribution in [0.1, 0.15) is 44.2 Å². The molecule has 0 spiro atoms. The van der Waals surface area contributed by atoms with Gasteiger partial charge in [0, 0.05) is 23.1 Å². The monoisotopic (exact) mass is 328 g/mol. The summed E-state index contributed by atoms with van der Waals surface area (Å²) in [7, 11) is 0. The summed E-state index contributed by atoms with van der Waals surface area (Å²) < 4.78 is 44.3. The number of pyridine rings is 1. The van der Waals surface area contributed by atoms with Crippen molar-refractivity contribution < 1.29 is 17.9 Å². The lowest BCUT2D eigenvalue weighted by Gasteiger charge is -2.23. The van der Waals surface area contributed by atoms with E-state index in [0.29, 0.717) is 18.2 Å². The van der Waals surface area contributed by atoms with E-state index >= 15 is 0 Å². The maximum Gasteiger partial charge on any atom is 0.392 e. The van der Waals surface area contributed by atoms with Crippen molar-refractivity contribution in [2.45, 2.75) is 44.7 Å². The second-order valence-electron chi connectivity index (χ2n) is 6.73. The summed E-state index contributed by atoms with van der Waals surface area (Å²) in [6, 6.07) is 5.60. The van der Waals surface area contributed by atoms with E-state index in [1.807, 2.05) is 12.1 Å². The number of hydrogen-bond donors (Lipinski definition) is 1. The molecule has 3 nitrogen and oxygen atoms in total. The number of aromatic nitrogens is 1. The highest BCUT2D eigenvalue weighted by Crippen LogP contribution is 2.62. The molecule has 2 heterocycles. The SMILES string of the molecule is CCC1(COc2cccc(C3CCNCC3)n2)C[C@H]1C(F)(F)F. The Kier molecular flexibility index (Phi) is 4.54. The molecule has 6 heteroatoms. The van der Waals surface area contributed by atoms with E-state index in [9.17, 15) is 13.2 Å². The lowest BCUT2D eigenvalue weighted by molar-refractivity contribution is -0.158. The molecule has 1 saturated carbocycles. The Morgan fingerprint density at radius 2 is 2.04 bits per heavy atom. The second kappa shape index (κ2) is 6.30. The summed E-state index contributed by atoms with van der Waals surface area (Å²) in [6.07, 6.45) is -1.41. The molecule has 1 N–H and O–H groups in total. The Morgan fingerprint density at radius 3 is 2.65 bits per heavy atom. The van der Waals surface area contributed by atoms with Crippen LogP contribution in [0.3, 0.4) is 0 Å². The molecule has 23 heavy (non-hydrogen) atoms. The summed E-state index contributed by atoms with van der Waals surface area (Å²) in [6.45, 7) is 3.84. The predicted octanol–water partition coefficient (Wildman–Crippen LogP) is 3.91. The Morgan fingerprint density at radius 1 is 1.30 bits per heavy atom. The van der Waals surface area contributed by atoms with Crippen molar-refractivity contribution in [1.29, 1.82) is 0 Å². The summed E-state index contributed by atoms with van der Waals surface area (Å²) in [5.74, 6) is -0.377. The molecule has 2 aliphatic rings. The molecule has 3 rings (SSSR count). The minimum atomic E-state index is -4.12. The maximum atomic E-state index is 12.9. The summed E-state index contributed by atoms with van der Waals surface area (Å²) in [5.41, 5.74) is 0.225. The van der Waals surface area contributed by atoms with E-state index in [1.54, 1.807) is 13.0 Å². The second-order valence-corrected chi connectivity index (χ2v) is 6.73. The molecule has 1 aliphatic heterocycles. The first kappa shape index (κ1) is 16.6. The van der Waals surface area contributed by atoms with Gasteiger partial charge in [0.1, 0.15) is 0 Å². The van der Waals surface area contributed by atoms with Crippen molar-refractivity contribution in [1.82, 2.24) is 10.3 Å². The topological polar surface area (TPSA) is 34.1 Å². The van der Waals surface area contributed by atoms with Crippen LogP contribution in [0, 0.1) is 11.3 Å². The van der Waals surface area contributed by atoms with Gasteiger partial charge in [0.15, 0.2) is 0 Å². The number of alkyl halides is 3. The molecule has 1 aromatic heterocycles. The number of rotatable bonds is 5. The summed E-state index contributed by atoms with van der Waals surface area (Å²) >= 11 is 0. The third-order valence-electron chi connectivity index (χ3n) is 5.30. The highest BCUT2D eigenvalue weighted by atomic mass is 19.4. The van der Waals surface area contributed by atoms with Crippen LogP contribution in [0.4, 0.5) is 13.2 Å². The number of ether oxygens (including phenoxy) is 1. The molecule has 0 radical (unpaired) electrons. The molecule has 1 saturated heterocycles. The smallest absolute Gasteiger partial charge is 0.392 e. The molecule has 0 aromatic carbocycles. The molecule has 1 aliphatic carbocycles. The molecule has 0 amide bonds. The molecule has 1 unspecified atom stereocenters. The highest BCUT2D eigenvalue weighted by Gasteiger charge is 2.66. The van der Waals surface area contributed by atoms with Crippen LogP contribution in [0.25, 0.3) is 0 Å². The van der Waals surface area contributed by atoms with Gasteiger partial charge in [-0.2, -0.15) is 13.2 Å². The Labute approximate surface area is 134 Å².